The Balaban J connectivity index is 2.40. The van der Waals surface area contributed by atoms with E-state index in [2.05, 4.69) is 4.98 Å². The van der Waals surface area contributed by atoms with E-state index >= 15 is 0 Å². The molecule has 0 radical (unpaired) electrons. The monoisotopic (exact) mass is 353 g/mol. The van der Waals surface area contributed by atoms with Crippen LogP contribution in [0, 0.1) is 10.1 Å². The molecule has 0 saturated carbocycles. The van der Waals surface area contributed by atoms with Gasteiger partial charge in [-0.2, -0.15) is 0 Å². The zero-order chi connectivity index (χ0) is 14.7. The van der Waals surface area contributed by atoms with E-state index in [1.165, 1.54) is 24.0 Å². The number of nitrogen functional groups attached to an aromatic ring is 1. The van der Waals surface area contributed by atoms with Gasteiger partial charge in [-0.15, -0.1) is 0 Å². The van der Waals surface area contributed by atoms with Gasteiger partial charge in [0, 0.05) is 0 Å². The van der Waals surface area contributed by atoms with Gasteiger partial charge >= 0.3 is 128 Å². The van der Waals surface area contributed by atoms with Crippen LogP contribution in [0.4, 0.5) is 11.4 Å². The summed E-state index contributed by atoms with van der Waals surface area (Å²) in [5, 5.41) is 11.1. The zero-order valence-electron chi connectivity index (χ0n) is 10.6. The predicted molar refractivity (Wildman–Crippen MR) is 81.8 cm³/mol. The summed E-state index contributed by atoms with van der Waals surface area (Å²) in [5.74, 6) is 0.686. The van der Waals surface area contributed by atoms with Crippen molar-refractivity contribution in [2.75, 3.05) is 12.0 Å². The summed E-state index contributed by atoms with van der Waals surface area (Å²) >= 11 is 2.57. The molecule has 0 saturated heterocycles. The third-order valence-corrected chi connectivity index (χ3v) is 4.21. The standard InChI is InChI=1S/C12H12AsN3O3S/c1-20-10-6-7(2-3-8(10)14)19-9-4-5-15-12(13)11(9)16(17)18/h2-6H,13-14H2,1H3. The second kappa shape index (κ2) is 6.15. The Kier molecular flexibility index (Phi) is 4.52. The van der Waals surface area contributed by atoms with Crippen LogP contribution in [0.1, 0.15) is 0 Å². The van der Waals surface area contributed by atoms with Crippen LogP contribution in [0.2, 0.25) is 0 Å². The fraction of sp³-hybridized carbons (Fsp3) is 0.0833. The van der Waals surface area contributed by atoms with Gasteiger partial charge in [0.05, 0.1) is 0 Å². The average Bonchev–Trinajstić information content (AvgIpc) is 2.40. The average molecular weight is 353 g/mol. The van der Waals surface area contributed by atoms with Crippen molar-refractivity contribution in [3.05, 3.63) is 40.6 Å². The van der Waals surface area contributed by atoms with Crippen molar-refractivity contribution in [3.8, 4) is 11.5 Å². The van der Waals surface area contributed by atoms with Crippen molar-refractivity contribution < 1.29 is 9.66 Å². The first kappa shape index (κ1) is 14.7. The fourth-order valence-corrected chi connectivity index (χ4v) is 2.84. The normalized spacial score (nSPS) is 10.3. The minimum atomic E-state index is -0.480. The molecule has 20 heavy (non-hydrogen) atoms. The summed E-state index contributed by atoms with van der Waals surface area (Å²) in [6.07, 6.45) is 3.39. The van der Waals surface area contributed by atoms with Gasteiger partial charge in [-0.1, -0.05) is 0 Å². The molecule has 0 spiro atoms. The number of thioether (sulfide) groups is 1. The molecule has 1 aromatic heterocycles. The Morgan fingerprint density at radius 3 is 2.85 bits per heavy atom. The van der Waals surface area contributed by atoms with Gasteiger partial charge in [0.2, 0.25) is 0 Å². The Morgan fingerprint density at radius 2 is 2.20 bits per heavy atom. The van der Waals surface area contributed by atoms with E-state index in [1.807, 2.05) is 6.26 Å². The van der Waals surface area contributed by atoms with Crippen molar-refractivity contribution in [1.82, 2.24) is 4.98 Å². The number of benzene rings is 1. The van der Waals surface area contributed by atoms with Gasteiger partial charge in [0.25, 0.3) is 0 Å². The molecule has 0 aliphatic rings. The van der Waals surface area contributed by atoms with Gasteiger partial charge in [-0.05, 0) is 0 Å². The van der Waals surface area contributed by atoms with E-state index < -0.39 is 4.92 Å². The quantitative estimate of drug-likeness (QED) is 0.293. The first-order chi connectivity index (χ1) is 9.52. The summed E-state index contributed by atoms with van der Waals surface area (Å²) in [4.78, 5) is 15.4. The minimum absolute atomic E-state index is 0.102. The molecule has 1 atom stereocenters. The number of nitro groups is 1. The van der Waals surface area contributed by atoms with E-state index in [9.17, 15) is 10.1 Å². The van der Waals surface area contributed by atoms with E-state index in [1.54, 1.807) is 18.2 Å². The zero-order valence-corrected chi connectivity index (χ0v) is 13.8. The van der Waals surface area contributed by atoms with Crippen LogP contribution >= 0.6 is 11.8 Å². The number of nitrogens with two attached hydrogens (primary N) is 1. The van der Waals surface area contributed by atoms with E-state index in [4.69, 9.17) is 10.5 Å². The SMILES string of the molecule is CSc1cc(Oc2ccnc([AsH2])c2[N+](=O)[O-])ccc1N. The molecule has 2 rings (SSSR count). The Labute approximate surface area is 128 Å². The Bertz CT molecular complexity index is 666. The Morgan fingerprint density at radius 1 is 1.45 bits per heavy atom. The molecule has 8 heteroatoms. The molecule has 2 N–H and O–H groups in total. The number of hydrogen-bond donors (Lipinski definition) is 1. The molecule has 1 unspecified atom stereocenters. The summed E-state index contributed by atoms with van der Waals surface area (Å²) in [6.45, 7) is 0. The van der Waals surface area contributed by atoms with Crippen molar-refractivity contribution in [3.63, 3.8) is 0 Å². The molecule has 1 heterocycles. The number of rotatable bonds is 4. The number of aromatic nitrogens is 1. The molecule has 6 nitrogen and oxygen atoms in total. The fourth-order valence-electron chi connectivity index (χ4n) is 1.60. The second-order valence-electron chi connectivity index (χ2n) is 3.81. The van der Waals surface area contributed by atoms with Crippen molar-refractivity contribution >= 4 is 44.5 Å². The van der Waals surface area contributed by atoms with Crippen LogP contribution in [-0.2, 0) is 0 Å². The number of hydrogen-bond acceptors (Lipinski definition) is 6. The van der Waals surface area contributed by atoms with Crippen LogP contribution in [0.25, 0.3) is 0 Å². The summed E-state index contributed by atoms with van der Waals surface area (Å²) in [6, 6.07) is 6.63. The molecule has 0 fully saturated rings. The predicted octanol–water partition coefficient (Wildman–Crippen LogP) is 1.34. The first-order valence-corrected chi connectivity index (χ1v) is 7.96. The maximum absolute atomic E-state index is 11.1. The van der Waals surface area contributed by atoms with E-state index in [0.29, 0.717) is 15.9 Å². The van der Waals surface area contributed by atoms with Crippen molar-refractivity contribution in [2.24, 2.45) is 0 Å². The van der Waals surface area contributed by atoms with Crippen LogP contribution in [-0.4, -0.2) is 33.0 Å². The van der Waals surface area contributed by atoms with Gasteiger partial charge in [0.1, 0.15) is 0 Å². The summed E-state index contributed by atoms with van der Waals surface area (Å²) in [5.41, 5.74) is 6.35. The third kappa shape index (κ3) is 3.05. The van der Waals surface area contributed by atoms with Crippen LogP contribution in [0.5, 0.6) is 11.5 Å². The van der Waals surface area contributed by atoms with Gasteiger partial charge in [-0.3, -0.25) is 0 Å². The van der Waals surface area contributed by atoms with Gasteiger partial charge in [-0.25, -0.2) is 0 Å². The molecule has 2 aromatic rings. The summed E-state index contributed by atoms with van der Waals surface area (Å²) < 4.78 is 5.98. The molecule has 0 bridgehead atoms. The molecule has 0 aliphatic heterocycles. The molecular formula is C12H12AsN3O3S. The summed E-state index contributed by atoms with van der Waals surface area (Å²) in [7, 11) is 0. The number of ether oxygens (including phenoxy) is 1. The molecule has 104 valence electrons. The molecule has 0 amide bonds. The molecule has 1 aromatic carbocycles. The Hall–Kier alpha value is -1.72. The van der Waals surface area contributed by atoms with E-state index in [-0.39, 0.29) is 11.4 Å². The van der Waals surface area contributed by atoms with E-state index in [0.717, 1.165) is 21.7 Å². The number of pyridine rings is 1. The number of nitrogens with zero attached hydrogens (tertiary/aromatic N) is 2. The topological polar surface area (TPSA) is 91.3 Å². The van der Waals surface area contributed by atoms with Crippen LogP contribution in [0.15, 0.2) is 35.4 Å². The van der Waals surface area contributed by atoms with Crippen molar-refractivity contribution in [1.29, 1.82) is 0 Å². The molecule has 0 aliphatic carbocycles. The van der Waals surface area contributed by atoms with Crippen LogP contribution < -0.4 is 15.0 Å². The second-order valence-corrected chi connectivity index (χ2v) is 5.80. The third-order valence-electron chi connectivity index (χ3n) is 2.53. The van der Waals surface area contributed by atoms with Crippen molar-refractivity contribution in [2.45, 2.75) is 4.90 Å². The maximum atomic E-state index is 11.1. The van der Waals surface area contributed by atoms with Crippen LogP contribution in [0.3, 0.4) is 0 Å². The molecular weight excluding hydrogens is 341 g/mol. The van der Waals surface area contributed by atoms with Gasteiger partial charge in [0.15, 0.2) is 0 Å². The number of anilines is 1. The first-order valence-electron chi connectivity index (χ1n) is 5.53. The van der Waals surface area contributed by atoms with Gasteiger partial charge < -0.3 is 0 Å².